The topological polar surface area (TPSA) is 162 Å². The number of carbonyl (C=O) groups is 4. The second-order valence-electron chi connectivity index (χ2n) is 19.7. The quantitative estimate of drug-likeness (QED) is 0.0399. The Morgan fingerprint density at radius 1 is 0.543 bits per heavy atom. The fourth-order valence-corrected chi connectivity index (χ4v) is 15.5. The maximum atomic E-state index is 14.2. The van der Waals surface area contributed by atoms with Crippen LogP contribution in [-0.4, -0.2) is 81.2 Å². The molecule has 6 aromatic rings. The van der Waals surface area contributed by atoms with Gasteiger partial charge in [0.2, 0.25) is 0 Å². The first kappa shape index (κ1) is 58.9. The Bertz CT molecular complexity index is 3670. The minimum atomic E-state index is -1.21. The Morgan fingerprint density at radius 2 is 0.951 bits per heavy atom. The van der Waals surface area contributed by atoms with Gasteiger partial charge in [0.1, 0.15) is 40.9 Å². The largest absolute Gasteiger partial charge is 0.480 e. The standard InChI is InChI=1S/C62H61N5O8S6/c1-4-7-8-9-10-11-12-19-30-65-47-28-24-39(33-45(41-20-15-13-16-21-41)35-49-55(72)66(37-51(68)69)59(78-49)53-57(74)63(5-2)61(76)80-53)31-43(47)26-27-44-32-40(25-29-48(44)65)34-46(42-22-17-14-18-23-42)36-50-56(73)67(38-52(70)71)60(79-50)54-58(75)64(6-3)62(77)81-54/h13-18,20-25,28-29,31-36H,4-12,19,26-27,30,37-38H2,1-3H3,(H,68,69)(H,70,71)/b45-33+,46-34+,49-35-,50-36-,59-53+,60-54+. The van der Waals surface area contributed by atoms with Crippen LogP contribution in [0.15, 0.2) is 107 Å². The van der Waals surface area contributed by atoms with Crippen molar-refractivity contribution in [3.63, 3.8) is 0 Å². The molecule has 0 radical (unpaired) electrons. The lowest BCUT2D eigenvalue weighted by atomic mass is 9.98. The van der Waals surface area contributed by atoms with Crippen molar-refractivity contribution in [2.45, 2.75) is 98.1 Å². The van der Waals surface area contributed by atoms with Gasteiger partial charge in [-0.2, -0.15) is 0 Å². The number of aryl methyl sites for hydroxylation is 2. The Labute approximate surface area is 496 Å². The average molecular weight is 1200 g/mol. The zero-order chi connectivity index (χ0) is 57.3. The number of fused-ring (bicyclic) bond motifs is 2. The number of carboxylic acid groups (broad SMARTS) is 2. The summed E-state index contributed by atoms with van der Waals surface area (Å²) < 4.78 is 4.10. The Morgan fingerprint density at radius 3 is 1.33 bits per heavy atom. The second-order valence-corrected chi connectivity index (χ2v) is 25.1. The van der Waals surface area contributed by atoms with Crippen LogP contribution in [0.3, 0.4) is 0 Å². The van der Waals surface area contributed by atoms with Gasteiger partial charge in [-0.25, -0.2) is 0 Å². The summed E-state index contributed by atoms with van der Waals surface area (Å²) in [6.07, 6.45) is 18.6. The fraction of sp³-hybridized carbons (Fsp3) is 0.290. The smallest absolute Gasteiger partial charge is 0.323 e. The minimum Gasteiger partial charge on any atom is -0.480 e. The van der Waals surface area contributed by atoms with Gasteiger partial charge in [0.15, 0.2) is 0 Å². The number of thiocarbonyl (C=S) groups is 2. The van der Waals surface area contributed by atoms with E-state index in [-0.39, 0.29) is 40.0 Å². The maximum absolute atomic E-state index is 14.2. The molecule has 3 aliphatic rings. The molecule has 2 saturated heterocycles. The average Bonchev–Trinajstić information content (AvgIpc) is 4.12. The molecule has 9 rings (SSSR count). The van der Waals surface area contributed by atoms with Crippen LogP contribution in [-0.2, 0) is 45.1 Å². The summed E-state index contributed by atoms with van der Waals surface area (Å²) in [7, 11) is 0. The highest BCUT2D eigenvalue weighted by atomic mass is 32.2. The molecule has 5 heterocycles. The number of hydrogen-bond donors (Lipinski definition) is 2. The molecule has 4 aromatic carbocycles. The van der Waals surface area contributed by atoms with Crippen LogP contribution in [0.2, 0.25) is 0 Å². The number of nitrogens with zero attached hydrogens (tertiary/aromatic N) is 5. The van der Waals surface area contributed by atoms with Gasteiger partial charge in [0.05, 0.1) is 9.06 Å². The van der Waals surface area contributed by atoms with Crippen LogP contribution >= 0.6 is 70.6 Å². The van der Waals surface area contributed by atoms with Gasteiger partial charge < -0.3 is 15.1 Å². The lowest BCUT2D eigenvalue weighted by Crippen LogP contribution is -2.35. The number of carbonyl (C=O) groups excluding carboxylic acids is 2. The Balaban J connectivity index is 1.12. The normalized spacial score (nSPS) is 16.7. The van der Waals surface area contributed by atoms with Gasteiger partial charge in [0.25, 0.3) is 22.9 Å². The molecule has 81 heavy (non-hydrogen) atoms. The van der Waals surface area contributed by atoms with Crippen molar-refractivity contribution < 1.29 is 29.4 Å². The lowest BCUT2D eigenvalue weighted by molar-refractivity contribution is -0.138. The Hall–Kier alpha value is -6.74. The summed E-state index contributed by atoms with van der Waals surface area (Å²) in [5.74, 6) is -3.12. The highest BCUT2D eigenvalue weighted by molar-refractivity contribution is 8.30. The van der Waals surface area contributed by atoms with Crippen molar-refractivity contribution in [3.05, 3.63) is 170 Å². The first-order chi connectivity index (χ1) is 39.2. The van der Waals surface area contributed by atoms with Gasteiger partial charge in [-0.05, 0) is 126 Å². The molecular weight excluding hydrogens is 1140 g/mol. The van der Waals surface area contributed by atoms with Gasteiger partial charge in [-0.15, -0.1) is 22.7 Å². The van der Waals surface area contributed by atoms with E-state index in [9.17, 15) is 39.0 Å². The molecule has 0 bridgehead atoms. The van der Waals surface area contributed by atoms with E-state index in [4.69, 9.17) is 24.4 Å². The number of thioether (sulfide) groups is 2. The van der Waals surface area contributed by atoms with E-state index in [1.54, 1.807) is 12.2 Å². The molecule has 0 unspecified atom stereocenters. The number of unbranched alkanes of at least 4 members (excludes halogenated alkanes) is 7. The number of aromatic nitrogens is 2. The maximum Gasteiger partial charge on any atom is 0.323 e. The zero-order valence-corrected chi connectivity index (χ0v) is 50.1. The lowest BCUT2D eigenvalue weighted by Gasteiger charge is -2.27. The number of aliphatic carboxylic acids is 2. The van der Waals surface area contributed by atoms with Crippen molar-refractivity contribution in [2.75, 3.05) is 24.5 Å². The van der Waals surface area contributed by atoms with Crippen LogP contribution < -0.4 is 34.4 Å². The first-order valence-corrected chi connectivity index (χ1v) is 31.3. The van der Waals surface area contributed by atoms with Crippen LogP contribution in [0.4, 0.5) is 11.4 Å². The summed E-state index contributed by atoms with van der Waals surface area (Å²) in [4.78, 5) is 85.5. The SMILES string of the molecule is CCCCCCCCCCN1c2ccc(/C=C(\C=c3/s/c(=C4/SC(=S)N(CC)C4=O)n(CC(=O)O)c3=O)c3ccccc3)cc2CCc2cc(/C=C(\C=c3/s/c(=C4/SC(=S)N(CC)C4=O)n(CC(=O)O)c3=O)c3ccccc3)ccc21. The molecule has 2 amide bonds. The summed E-state index contributed by atoms with van der Waals surface area (Å²) in [6, 6.07) is 32.4. The number of carboxylic acids is 2. The van der Waals surface area contributed by atoms with Crippen LogP contribution in [0.1, 0.15) is 106 Å². The van der Waals surface area contributed by atoms with Crippen molar-refractivity contribution in [2.24, 2.45) is 0 Å². The van der Waals surface area contributed by atoms with Gasteiger partial charge in [-0.1, -0.05) is 173 Å². The number of allylic oxidation sites excluding steroid dienone is 2. The summed E-state index contributed by atoms with van der Waals surface area (Å²) in [6.45, 7) is 6.14. The van der Waals surface area contributed by atoms with E-state index in [1.807, 2.05) is 86.7 Å². The highest BCUT2D eigenvalue weighted by Gasteiger charge is 2.35. The number of amides is 2. The van der Waals surface area contributed by atoms with E-state index < -0.39 is 36.1 Å². The monoisotopic (exact) mass is 1200 g/mol. The van der Waals surface area contributed by atoms with E-state index in [2.05, 4.69) is 48.2 Å². The molecule has 0 saturated carbocycles. The fourth-order valence-electron chi connectivity index (χ4n) is 10.2. The van der Waals surface area contributed by atoms with Crippen molar-refractivity contribution in [1.82, 2.24) is 18.9 Å². The molecular formula is C62H61N5O8S6. The third-order valence-corrected chi connectivity index (χ3v) is 19.6. The molecule has 2 N–H and O–H groups in total. The molecule has 418 valence electrons. The van der Waals surface area contributed by atoms with E-state index >= 15 is 0 Å². The summed E-state index contributed by atoms with van der Waals surface area (Å²) in [5.41, 5.74) is 8.49. The number of benzene rings is 4. The van der Waals surface area contributed by atoms with Crippen molar-refractivity contribution in [1.29, 1.82) is 0 Å². The predicted octanol–water partition coefficient (Wildman–Crippen LogP) is 9.70. The van der Waals surface area contributed by atoms with Gasteiger partial charge >= 0.3 is 11.9 Å². The number of rotatable bonds is 21. The predicted molar refractivity (Wildman–Crippen MR) is 340 cm³/mol. The molecule has 0 atom stereocenters. The zero-order valence-electron chi connectivity index (χ0n) is 45.2. The minimum absolute atomic E-state index is 0.237. The summed E-state index contributed by atoms with van der Waals surface area (Å²) >= 11 is 15.3. The highest BCUT2D eigenvalue weighted by Crippen LogP contribution is 2.39. The molecule has 3 aliphatic heterocycles. The summed E-state index contributed by atoms with van der Waals surface area (Å²) in [5, 5.41) is 19.8. The van der Waals surface area contributed by atoms with Crippen LogP contribution in [0.25, 0.3) is 45.3 Å². The van der Waals surface area contributed by atoms with E-state index in [0.29, 0.717) is 21.7 Å². The van der Waals surface area contributed by atoms with Crippen molar-refractivity contribution >= 4 is 160 Å². The number of hydrogen-bond acceptors (Lipinski definition) is 13. The molecule has 13 nitrogen and oxygen atoms in total. The van der Waals surface area contributed by atoms with Gasteiger partial charge in [0, 0.05) is 31.0 Å². The Kier molecular flexibility index (Phi) is 19.6. The first-order valence-electron chi connectivity index (χ1n) is 27.2. The van der Waals surface area contributed by atoms with E-state index in [0.717, 1.165) is 143 Å². The molecule has 19 heteroatoms. The number of anilines is 2. The van der Waals surface area contributed by atoms with Crippen molar-refractivity contribution in [3.8, 4) is 0 Å². The molecule has 0 spiro atoms. The van der Waals surface area contributed by atoms with Crippen LogP contribution in [0.5, 0.6) is 0 Å². The molecule has 0 aliphatic carbocycles. The molecule has 2 fully saturated rings. The third-order valence-electron chi connectivity index (χ3n) is 14.2. The second kappa shape index (κ2) is 26.9. The van der Waals surface area contributed by atoms with E-state index in [1.165, 1.54) is 48.3 Å². The number of thiazole rings is 2. The van der Waals surface area contributed by atoms with Crippen LogP contribution in [0, 0.1) is 0 Å². The van der Waals surface area contributed by atoms with Gasteiger partial charge in [-0.3, -0.25) is 47.7 Å². The molecule has 2 aromatic heterocycles. The third kappa shape index (κ3) is 13.5.